The van der Waals surface area contributed by atoms with E-state index in [1.54, 1.807) is 0 Å². The fourth-order valence-electron chi connectivity index (χ4n) is 2.37. The van der Waals surface area contributed by atoms with E-state index in [4.69, 9.17) is 4.74 Å². The fraction of sp³-hybridized carbons (Fsp3) is 0.769. The van der Waals surface area contributed by atoms with Gasteiger partial charge in [-0.1, -0.05) is 6.92 Å². The van der Waals surface area contributed by atoms with E-state index in [-0.39, 0.29) is 0 Å². The van der Waals surface area contributed by atoms with Crippen molar-refractivity contribution in [2.24, 2.45) is 0 Å². The minimum absolute atomic E-state index is 0.860. The molecule has 96 valence electrons. The zero-order chi connectivity index (χ0) is 12.1. The molecule has 1 N–H and O–H groups in total. The van der Waals surface area contributed by atoms with Crippen LogP contribution in [-0.2, 0) is 24.2 Å². The zero-order valence-corrected chi connectivity index (χ0v) is 11.0. The molecule has 4 nitrogen and oxygen atoms in total. The minimum atomic E-state index is 0.860. The number of aryl methyl sites for hydroxylation is 1. The monoisotopic (exact) mass is 237 g/mol. The first-order valence-electron chi connectivity index (χ1n) is 6.66. The summed E-state index contributed by atoms with van der Waals surface area (Å²) in [5.74, 6) is 1.15. The van der Waals surface area contributed by atoms with Gasteiger partial charge in [0.05, 0.1) is 5.69 Å². The SMILES string of the molecule is CCCOCCCn1c(C)nc2c1CCNC2. The molecule has 0 bridgehead atoms. The first-order chi connectivity index (χ1) is 8.33. The van der Waals surface area contributed by atoms with E-state index >= 15 is 0 Å². The van der Waals surface area contributed by atoms with Crippen molar-refractivity contribution in [1.29, 1.82) is 0 Å². The summed E-state index contributed by atoms with van der Waals surface area (Å²) in [7, 11) is 0. The molecule has 0 saturated carbocycles. The van der Waals surface area contributed by atoms with Crippen molar-refractivity contribution in [2.75, 3.05) is 19.8 Å². The highest BCUT2D eigenvalue weighted by Gasteiger charge is 2.16. The van der Waals surface area contributed by atoms with E-state index in [1.165, 1.54) is 11.4 Å². The van der Waals surface area contributed by atoms with E-state index in [1.807, 2.05) is 0 Å². The summed E-state index contributed by atoms with van der Waals surface area (Å²) in [5.41, 5.74) is 2.67. The van der Waals surface area contributed by atoms with Gasteiger partial charge in [0.25, 0.3) is 0 Å². The number of rotatable bonds is 6. The molecular formula is C13H23N3O. The lowest BCUT2D eigenvalue weighted by Crippen LogP contribution is -2.25. The number of nitrogens with zero attached hydrogens (tertiary/aromatic N) is 2. The highest BCUT2D eigenvalue weighted by atomic mass is 16.5. The molecule has 0 fully saturated rings. The third-order valence-corrected chi connectivity index (χ3v) is 3.20. The van der Waals surface area contributed by atoms with Gasteiger partial charge in [0.2, 0.25) is 0 Å². The van der Waals surface area contributed by atoms with Crippen molar-refractivity contribution in [3.8, 4) is 0 Å². The molecule has 1 aromatic heterocycles. The normalized spacial score (nSPS) is 14.9. The fourth-order valence-corrected chi connectivity index (χ4v) is 2.37. The topological polar surface area (TPSA) is 39.1 Å². The van der Waals surface area contributed by atoms with Crippen LogP contribution >= 0.6 is 0 Å². The van der Waals surface area contributed by atoms with Crippen LogP contribution in [0.1, 0.15) is 37.0 Å². The molecule has 1 aromatic rings. The average Bonchev–Trinajstić information content (AvgIpc) is 2.65. The molecule has 1 aliphatic heterocycles. The molecule has 0 radical (unpaired) electrons. The molecule has 0 atom stereocenters. The molecule has 0 unspecified atom stereocenters. The second kappa shape index (κ2) is 6.17. The molecule has 0 spiro atoms. The lowest BCUT2D eigenvalue weighted by molar-refractivity contribution is 0.129. The van der Waals surface area contributed by atoms with Gasteiger partial charge in [-0.3, -0.25) is 0 Å². The maximum atomic E-state index is 5.52. The van der Waals surface area contributed by atoms with Crippen LogP contribution in [0.3, 0.4) is 0 Å². The van der Waals surface area contributed by atoms with Crippen molar-refractivity contribution in [2.45, 2.75) is 46.2 Å². The van der Waals surface area contributed by atoms with Gasteiger partial charge in [0.1, 0.15) is 5.82 Å². The first kappa shape index (κ1) is 12.6. The van der Waals surface area contributed by atoms with E-state index in [9.17, 15) is 0 Å². The summed E-state index contributed by atoms with van der Waals surface area (Å²) in [5, 5.41) is 3.36. The number of nitrogens with one attached hydrogen (secondary N) is 1. The van der Waals surface area contributed by atoms with Gasteiger partial charge in [-0.15, -0.1) is 0 Å². The quantitative estimate of drug-likeness (QED) is 0.765. The van der Waals surface area contributed by atoms with Crippen molar-refractivity contribution in [3.63, 3.8) is 0 Å². The Morgan fingerprint density at radius 3 is 3.12 bits per heavy atom. The molecule has 2 heterocycles. The summed E-state index contributed by atoms with van der Waals surface area (Å²) in [6, 6.07) is 0. The summed E-state index contributed by atoms with van der Waals surface area (Å²) >= 11 is 0. The molecule has 1 aliphatic rings. The van der Waals surface area contributed by atoms with Crippen LogP contribution in [0, 0.1) is 6.92 Å². The molecule has 0 amide bonds. The maximum Gasteiger partial charge on any atom is 0.106 e. The number of ether oxygens (including phenoxy) is 1. The van der Waals surface area contributed by atoms with Gasteiger partial charge >= 0.3 is 0 Å². The Morgan fingerprint density at radius 1 is 1.41 bits per heavy atom. The van der Waals surface area contributed by atoms with E-state index in [2.05, 4.69) is 28.7 Å². The van der Waals surface area contributed by atoms with Crippen molar-refractivity contribution >= 4 is 0 Å². The van der Waals surface area contributed by atoms with Crippen molar-refractivity contribution in [3.05, 3.63) is 17.2 Å². The largest absolute Gasteiger partial charge is 0.381 e. The van der Waals surface area contributed by atoms with Crippen LogP contribution in [0.15, 0.2) is 0 Å². The smallest absolute Gasteiger partial charge is 0.106 e. The number of hydrogen-bond donors (Lipinski definition) is 1. The van der Waals surface area contributed by atoms with Crippen LogP contribution in [0.4, 0.5) is 0 Å². The zero-order valence-electron chi connectivity index (χ0n) is 11.0. The number of fused-ring (bicyclic) bond motifs is 1. The van der Waals surface area contributed by atoms with Crippen LogP contribution in [0.5, 0.6) is 0 Å². The molecular weight excluding hydrogens is 214 g/mol. The predicted molar refractivity (Wildman–Crippen MR) is 68.1 cm³/mol. The van der Waals surface area contributed by atoms with Crippen LogP contribution in [0.25, 0.3) is 0 Å². The van der Waals surface area contributed by atoms with Crippen molar-refractivity contribution in [1.82, 2.24) is 14.9 Å². The van der Waals surface area contributed by atoms with Crippen LogP contribution in [0.2, 0.25) is 0 Å². The van der Waals surface area contributed by atoms with Gasteiger partial charge in [0, 0.05) is 45.0 Å². The van der Waals surface area contributed by atoms with Gasteiger partial charge < -0.3 is 14.6 Å². The third kappa shape index (κ3) is 3.07. The first-order valence-corrected chi connectivity index (χ1v) is 6.66. The standard InChI is InChI=1S/C13H23N3O/c1-3-8-17-9-4-7-16-11(2)15-12-10-14-6-5-13(12)16/h14H,3-10H2,1-2H3. The maximum absolute atomic E-state index is 5.52. The second-order valence-corrected chi connectivity index (χ2v) is 4.60. The third-order valence-electron chi connectivity index (χ3n) is 3.20. The highest BCUT2D eigenvalue weighted by molar-refractivity contribution is 5.19. The predicted octanol–water partition coefficient (Wildman–Crippen LogP) is 1.65. The van der Waals surface area contributed by atoms with Crippen LogP contribution in [-0.4, -0.2) is 29.3 Å². The minimum Gasteiger partial charge on any atom is -0.381 e. The van der Waals surface area contributed by atoms with Gasteiger partial charge in [-0.05, 0) is 19.8 Å². The van der Waals surface area contributed by atoms with Crippen molar-refractivity contribution < 1.29 is 4.74 Å². The van der Waals surface area contributed by atoms with E-state index < -0.39 is 0 Å². The Kier molecular flexibility index (Phi) is 4.57. The number of imidazole rings is 1. The molecule has 0 aliphatic carbocycles. The lowest BCUT2D eigenvalue weighted by atomic mass is 10.2. The molecule has 0 saturated heterocycles. The Hall–Kier alpha value is -0.870. The summed E-state index contributed by atoms with van der Waals surface area (Å²) in [6.45, 7) is 9.02. The summed E-state index contributed by atoms with van der Waals surface area (Å²) < 4.78 is 7.89. The lowest BCUT2D eigenvalue weighted by Gasteiger charge is -2.15. The van der Waals surface area contributed by atoms with Gasteiger partial charge in [-0.2, -0.15) is 0 Å². The number of aromatic nitrogens is 2. The molecule has 17 heavy (non-hydrogen) atoms. The van der Waals surface area contributed by atoms with Crippen LogP contribution < -0.4 is 5.32 Å². The number of hydrogen-bond acceptors (Lipinski definition) is 3. The highest BCUT2D eigenvalue weighted by Crippen LogP contribution is 2.16. The van der Waals surface area contributed by atoms with Gasteiger partial charge in [-0.25, -0.2) is 4.98 Å². The second-order valence-electron chi connectivity index (χ2n) is 4.60. The summed E-state index contributed by atoms with van der Waals surface area (Å²) in [4.78, 5) is 4.63. The van der Waals surface area contributed by atoms with Gasteiger partial charge in [0.15, 0.2) is 0 Å². The molecule has 2 rings (SSSR count). The molecule has 4 heteroatoms. The Labute approximate surface area is 103 Å². The average molecular weight is 237 g/mol. The summed E-state index contributed by atoms with van der Waals surface area (Å²) in [6.07, 6.45) is 3.29. The Balaban J connectivity index is 1.89. The Bertz CT molecular complexity index is 360. The van der Waals surface area contributed by atoms with E-state index in [0.717, 1.165) is 57.9 Å². The van der Waals surface area contributed by atoms with E-state index in [0.29, 0.717) is 0 Å². The molecule has 0 aromatic carbocycles. The Morgan fingerprint density at radius 2 is 2.29 bits per heavy atom.